The number of nitrogens with zero attached hydrogens (tertiary/aromatic N) is 2. The SMILES string of the molecule is COC[C@H]1CN(CC2CC2)C[C@@]12CCN(S(C)(=O)=O)C2.O=C(O)C(F)(F)F. The van der Waals surface area contributed by atoms with Crippen molar-refractivity contribution >= 4 is 16.0 Å². The molecule has 0 aromatic carbocycles. The minimum Gasteiger partial charge on any atom is -0.475 e. The van der Waals surface area contributed by atoms with Crippen molar-refractivity contribution in [1.29, 1.82) is 0 Å². The first-order valence-corrected chi connectivity index (χ1v) is 10.7. The standard InChI is InChI=1S/C14H26N2O3S.C2HF3O2/c1-19-9-13-8-15(7-12-3-4-12)10-14(13)5-6-16(11-14)20(2,17)18;3-2(4,5)1(6)7/h12-13H,3-11H2,1-2H3;(H,6,7)/t13-,14-;/m1./s1. The molecule has 1 spiro atoms. The molecule has 3 aliphatic rings. The highest BCUT2D eigenvalue weighted by Gasteiger charge is 2.52. The van der Waals surface area contributed by atoms with Crippen molar-refractivity contribution in [2.75, 3.05) is 52.7 Å². The van der Waals surface area contributed by atoms with Crippen molar-refractivity contribution < 1.29 is 36.2 Å². The summed E-state index contributed by atoms with van der Waals surface area (Å²) in [6, 6.07) is 0. The molecule has 0 amide bonds. The van der Waals surface area contributed by atoms with Crippen molar-refractivity contribution in [3.05, 3.63) is 0 Å². The van der Waals surface area contributed by atoms with Crippen molar-refractivity contribution in [3.63, 3.8) is 0 Å². The van der Waals surface area contributed by atoms with Gasteiger partial charge in [0.15, 0.2) is 0 Å². The van der Waals surface area contributed by atoms with Crippen LogP contribution in [0.15, 0.2) is 0 Å². The van der Waals surface area contributed by atoms with Gasteiger partial charge in [0.2, 0.25) is 10.0 Å². The summed E-state index contributed by atoms with van der Waals surface area (Å²) in [5, 5.41) is 7.12. The lowest BCUT2D eigenvalue weighted by molar-refractivity contribution is -0.192. The summed E-state index contributed by atoms with van der Waals surface area (Å²) in [5.41, 5.74) is 0.119. The molecule has 11 heteroatoms. The molecule has 3 fully saturated rings. The van der Waals surface area contributed by atoms with Gasteiger partial charge in [-0.25, -0.2) is 17.5 Å². The topological polar surface area (TPSA) is 87.2 Å². The molecule has 2 atom stereocenters. The summed E-state index contributed by atoms with van der Waals surface area (Å²) in [6.07, 6.45) is -0.0364. The van der Waals surface area contributed by atoms with Crippen molar-refractivity contribution in [3.8, 4) is 0 Å². The Balaban J connectivity index is 0.000000321. The van der Waals surface area contributed by atoms with Crippen molar-refractivity contribution in [2.45, 2.75) is 25.4 Å². The van der Waals surface area contributed by atoms with Crippen LogP contribution >= 0.6 is 0 Å². The maximum absolute atomic E-state index is 11.8. The normalized spacial score (nSPS) is 29.7. The van der Waals surface area contributed by atoms with E-state index in [-0.39, 0.29) is 5.41 Å². The molecule has 27 heavy (non-hydrogen) atoms. The number of likely N-dealkylation sites (tertiary alicyclic amines) is 1. The highest BCUT2D eigenvalue weighted by Crippen LogP contribution is 2.45. The summed E-state index contributed by atoms with van der Waals surface area (Å²) < 4.78 is 62.4. The Morgan fingerprint density at radius 3 is 2.30 bits per heavy atom. The molecular weight excluding hydrogens is 389 g/mol. The zero-order valence-electron chi connectivity index (χ0n) is 15.5. The molecule has 2 saturated heterocycles. The largest absolute Gasteiger partial charge is 0.490 e. The van der Waals surface area contributed by atoms with E-state index in [0.29, 0.717) is 19.0 Å². The fraction of sp³-hybridized carbons (Fsp3) is 0.938. The lowest BCUT2D eigenvalue weighted by Crippen LogP contribution is -2.37. The number of carboxylic acids is 1. The highest BCUT2D eigenvalue weighted by molar-refractivity contribution is 7.88. The second-order valence-electron chi connectivity index (χ2n) is 7.80. The van der Waals surface area contributed by atoms with E-state index in [1.807, 2.05) is 0 Å². The van der Waals surface area contributed by atoms with Crippen LogP contribution < -0.4 is 0 Å². The van der Waals surface area contributed by atoms with Gasteiger partial charge >= 0.3 is 12.1 Å². The minimum atomic E-state index is -5.08. The highest BCUT2D eigenvalue weighted by atomic mass is 32.2. The number of hydrogen-bond donors (Lipinski definition) is 1. The number of carboxylic acid groups (broad SMARTS) is 1. The van der Waals surface area contributed by atoms with E-state index in [0.717, 1.165) is 32.0 Å². The third-order valence-electron chi connectivity index (χ3n) is 5.53. The first-order chi connectivity index (χ1) is 12.4. The number of halogens is 3. The molecule has 0 radical (unpaired) electrons. The van der Waals surface area contributed by atoms with E-state index in [9.17, 15) is 21.6 Å². The average molecular weight is 416 g/mol. The number of aliphatic carboxylic acids is 1. The van der Waals surface area contributed by atoms with Crippen molar-refractivity contribution in [2.24, 2.45) is 17.3 Å². The van der Waals surface area contributed by atoms with Crippen LogP contribution in [0.1, 0.15) is 19.3 Å². The Kier molecular flexibility index (Phi) is 6.81. The van der Waals surface area contributed by atoms with E-state index in [4.69, 9.17) is 14.6 Å². The van der Waals surface area contributed by atoms with Gasteiger partial charge in [-0.1, -0.05) is 0 Å². The second-order valence-corrected chi connectivity index (χ2v) is 9.78. The smallest absolute Gasteiger partial charge is 0.475 e. The molecule has 7 nitrogen and oxygen atoms in total. The van der Waals surface area contributed by atoms with Gasteiger partial charge in [0.1, 0.15) is 0 Å². The molecular formula is C16H27F3N2O5S. The van der Waals surface area contributed by atoms with Gasteiger partial charge < -0.3 is 14.7 Å². The Morgan fingerprint density at radius 2 is 1.89 bits per heavy atom. The number of carbonyl (C=O) groups is 1. The first-order valence-electron chi connectivity index (χ1n) is 8.84. The maximum atomic E-state index is 11.8. The monoisotopic (exact) mass is 416 g/mol. The Morgan fingerprint density at radius 1 is 1.30 bits per heavy atom. The Labute approximate surface area is 157 Å². The lowest BCUT2D eigenvalue weighted by atomic mass is 9.78. The summed E-state index contributed by atoms with van der Waals surface area (Å²) >= 11 is 0. The summed E-state index contributed by atoms with van der Waals surface area (Å²) in [5.74, 6) is -1.40. The van der Waals surface area contributed by atoms with Crippen LogP contribution in [0.25, 0.3) is 0 Å². The van der Waals surface area contributed by atoms with Gasteiger partial charge in [-0.15, -0.1) is 0 Å². The zero-order valence-corrected chi connectivity index (χ0v) is 16.4. The maximum Gasteiger partial charge on any atom is 0.490 e. The van der Waals surface area contributed by atoms with Gasteiger partial charge in [-0.05, 0) is 25.2 Å². The summed E-state index contributed by atoms with van der Waals surface area (Å²) in [7, 11) is -1.31. The number of methoxy groups -OCH3 is 1. The van der Waals surface area contributed by atoms with E-state index in [1.54, 1.807) is 11.4 Å². The van der Waals surface area contributed by atoms with Crippen LogP contribution in [0.3, 0.4) is 0 Å². The van der Waals surface area contributed by atoms with Crippen LogP contribution in [-0.4, -0.2) is 87.6 Å². The molecule has 0 unspecified atom stereocenters. The van der Waals surface area contributed by atoms with Gasteiger partial charge in [-0.2, -0.15) is 13.2 Å². The molecule has 0 aromatic rings. The van der Waals surface area contributed by atoms with Crippen LogP contribution in [0.5, 0.6) is 0 Å². The van der Waals surface area contributed by atoms with E-state index < -0.39 is 22.2 Å². The Bertz CT molecular complexity index is 638. The molecule has 0 aromatic heterocycles. The number of alkyl halides is 3. The van der Waals surface area contributed by atoms with E-state index in [1.165, 1.54) is 25.6 Å². The molecule has 1 N–H and O–H groups in total. The fourth-order valence-electron chi connectivity index (χ4n) is 3.98. The molecule has 3 rings (SSSR count). The zero-order chi connectivity index (χ0) is 20.5. The number of hydrogen-bond acceptors (Lipinski definition) is 5. The predicted molar refractivity (Wildman–Crippen MR) is 91.7 cm³/mol. The second kappa shape index (κ2) is 8.22. The molecule has 158 valence electrons. The number of ether oxygens (including phenoxy) is 1. The third kappa shape index (κ3) is 6.03. The molecule has 2 aliphatic heterocycles. The van der Waals surface area contributed by atoms with Crippen LogP contribution in [0.4, 0.5) is 13.2 Å². The number of rotatable bonds is 5. The van der Waals surface area contributed by atoms with E-state index in [2.05, 4.69) is 4.90 Å². The first kappa shape index (κ1) is 22.4. The fourth-order valence-corrected chi connectivity index (χ4v) is 4.90. The van der Waals surface area contributed by atoms with Crippen LogP contribution in [-0.2, 0) is 19.6 Å². The van der Waals surface area contributed by atoms with E-state index >= 15 is 0 Å². The molecule has 1 saturated carbocycles. The molecule has 0 bridgehead atoms. The van der Waals surface area contributed by atoms with Gasteiger partial charge in [0.25, 0.3) is 0 Å². The Hall–Kier alpha value is -0.910. The van der Waals surface area contributed by atoms with Gasteiger partial charge in [0, 0.05) is 51.2 Å². The van der Waals surface area contributed by atoms with Crippen LogP contribution in [0.2, 0.25) is 0 Å². The third-order valence-corrected chi connectivity index (χ3v) is 6.78. The van der Waals surface area contributed by atoms with Gasteiger partial charge in [-0.3, -0.25) is 0 Å². The average Bonchev–Trinajstić information content (AvgIpc) is 3.12. The molecule has 2 heterocycles. The van der Waals surface area contributed by atoms with Crippen molar-refractivity contribution in [1.82, 2.24) is 9.21 Å². The predicted octanol–water partition coefficient (Wildman–Crippen LogP) is 1.26. The molecule has 1 aliphatic carbocycles. The van der Waals surface area contributed by atoms with Crippen LogP contribution in [0, 0.1) is 17.3 Å². The quantitative estimate of drug-likeness (QED) is 0.726. The van der Waals surface area contributed by atoms with Gasteiger partial charge in [0.05, 0.1) is 12.9 Å². The number of sulfonamides is 1. The lowest BCUT2D eigenvalue weighted by Gasteiger charge is -2.29. The summed E-state index contributed by atoms with van der Waals surface area (Å²) in [6.45, 7) is 5.42. The summed E-state index contributed by atoms with van der Waals surface area (Å²) in [4.78, 5) is 11.4. The minimum absolute atomic E-state index is 0.119.